The molecular weight excluding hydrogens is 276 g/mol. The minimum absolute atomic E-state index is 0.0279. The molecule has 0 saturated carbocycles. The minimum Gasteiger partial charge on any atom is -0.481 e. The van der Waals surface area contributed by atoms with Crippen LogP contribution in [0.15, 0.2) is 18.3 Å². The van der Waals surface area contributed by atoms with Gasteiger partial charge < -0.3 is 4.74 Å². The van der Waals surface area contributed by atoms with E-state index >= 15 is 0 Å². The van der Waals surface area contributed by atoms with Crippen molar-refractivity contribution in [3.63, 3.8) is 0 Å². The topological polar surface area (TPSA) is 68.3 Å². The van der Waals surface area contributed by atoms with Gasteiger partial charge in [0.25, 0.3) is 0 Å². The Morgan fingerprint density at radius 1 is 1.50 bits per heavy atom. The second-order valence-corrected chi connectivity index (χ2v) is 6.23. The smallest absolute Gasteiger partial charge is 0.212 e. The van der Waals surface area contributed by atoms with Gasteiger partial charge in [0, 0.05) is 24.7 Å². The Hall–Kier alpha value is -0.850. The number of halogens is 1. The van der Waals surface area contributed by atoms with Gasteiger partial charge in [-0.3, -0.25) is 0 Å². The van der Waals surface area contributed by atoms with Crippen molar-refractivity contribution < 1.29 is 13.2 Å². The molecule has 0 aromatic carbocycles. The van der Waals surface area contributed by atoms with Crippen LogP contribution >= 0.6 is 11.6 Å². The number of nitrogens with zero attached hydrogens (tertiary/aromatic N) is 1. The summed E-state index contributed by atoms with van der Waals surface area (Å²) in [6.07, 6.45) is 1.58. The van der Waals surface area contributed by atoms with Crippen molar-refractivity contribution in [3.8, 4) is 5.88 Å². The summed E-state index contributed by atoms with van der Waals surface area (Å²) in [6, 6.07) is 3.45. The van der Waals surface area contributed by atoms with E-state index in [-0.39, 0.29) is 18.2 Å². The molecule has 5 nitrogen and oxygen atoms in total. The number of sulfonamides is 1. The Morgan fingerprint density at radius 2 is 2.22 bits per heavy atom. The summed E-state index contributed by atoms with van der Waals surface area (Å²) in [7, 11) is -1.77. The maximum absolute atomic E-state index is 11.7. The van der Waals surface area contributed by atoms with Crippen LogP contribution in [-0.4, -0.2) is 32.1 Å². The van der Waals surface area contributed by atoms with Crippen molar-refractivity contribution in [1.82, 2.24) is 9.71 Å². The van der Waals surface area contributed by atoms with Crippen LogP contribution in [0.3, 0.4) is 0 Å². The molecule has 18 heavy (non-hydrogen) atoms. The third-order valence-electron chi connectivity index (χ3n) is 2.27. The molecule has 1 aromatic heterocycles. The summed E-state index contributed by atoms with van der Waals surface area (Å²) < 4.78 is 30.8. The molecule has 1 aromatic rings. The van der Waals surface area contributed by atoms with Gasteiger partial charge in [0.15, 0.2) is 0 Å². The van der Waals surface area contributed by atoms with E-state index in [0.29, 0.717) is 11.8 Å². The highest BCUT2D eigenvalue weighted by Gasteiger charge is 2.14. The number of ether oxygens (including phenoxy) is 1. The highest BCUT2D eigenvalue weighted by Crippen LogP contribution is 2.07. The molecule has 0 spiro atoms. The van der Waals surface area contributed by atoms with Crippen LogP contribution in [0.4, 0.5) is 0 Å². The lowest BCUT2D eigenvalue weighted by molar-refractivity contribution is 0.397. The third-order valence-corrected chi connectivity index (χ3v) is 4.39. The average Bonchev–Trinajstić information content (AvgIpc) is 2.36. The SMILES string of the molecule is COc1ccc(CNS(=O)(=O)CC(C)CCl)cn1. The number of hydrogen-bond acceptors (Lipinski definition) is 4. The number of rotatable bonds is 7. The summed E-state index contributed by atoms with van der Waals surface area (Å²) in [6.45, 7) is 2.01. The molecule has 0 fully saturated rings. The molecule has 102 valence electrons. The summed E-state index contributed by atoms with van der Waals surface area (Å²) in [5.41, 5.74) is 0.776. The van der Waals surface area contributed by atoms with Crippen LogP contribution in [0.1, 0.15) is 12.5 Å². The number of nitrogens with one attached hydrogen (secondary N) is 1. The van der Waals surface area contributed by atoms with Crippen LogP contribution in [0.25, 0.3) is 0 Å². The summed E-state index contributed by atoms with van der Waals surface area (Å²) >= 11 is 5.59. The highest BCUT2D eigenvalue weighted by atomic mass is 35.5. The first-order valence-corrected chi connectivity index (χ1v) is 7.67. The van der Waals surface area contributed by atoms with E-state index in [9.17, 15) is 8.42 Å². The number of pyridine rings is 1. The van der Waals surface area contributed by atoms with E-state index in [4.69, 9.17) is 16.3 Å². The Bertz CT molecular complexity index is 462. The molecule has 1 N–H and O–H groups in total. The van der Waals surface area contributed by atoms with Gasteiger partial charge in [0.2, 0.25) is 15.9 Å². The first kappa shape index (κ1) is 15.2. The van der Waals surface area contributed by atoms with Crippen LogP contribution in [0.5, 0.6) is 5.88 Å². The van der Waals surface area contributed by atoms with Gasteiger partial charge in [0.1, 0.15) is 0 Å². The minimum atomic E-state index is -3.30. The highest BCUT2D eigenvalue weighted by molar-refractivity contribution is 7.89. The molecular formula is C11H17ClN2O3S. The van der Waals surface area contributed by atoms with Gasteiger partial charge in [0.05, 0.1) is 12.9 Å². The van der Waals surface area contributed by atoms with Crippen LogP contribution in [0, 0.1) is 5.92 Å². The first-order chi connectivity index (χ1) is 8.46. The van der Waals surface area contributed by atoms with Crippen molar-refractivity contribution in [1.29, 1.82) is 0 Å². The fraction of sp³-hybridized carbons (Fsp3) is 0.545. The second kappa shape index (κ2) is 6.92. The van der Waals surface area contributed by atoms with Crippen molar-refractivity contribution in [2.24, 2.45) is 5.92 Å². The Balaban J connectivity index is 2.53. The molecule has 0 aliphatic carbocycles. The van der Waals surface area contributed by atoms with Gasteiger partial charge in [-0.1, -0.05) is 13.0 Å². The first-order valence-electron chi connectivity index (χ1n) is 5.49. The molecule has 1 unspecified atom stereocenters. The van der Waals surface area contributed by atoms with Crippen LogP contribution in [0.2, 0.25) is 0 Å². The quantitative estimate of drug-likeness (QED) is 0.771. The zero-order valence-electron chi connectivity index (χ0n) is 10.4. The number of hydrogen-bond donors (Lipinski definition) is 1. The molecule has 1 atom stereocenters. The molecule has 0 amide bonds. The lowest BCUT2D eigenvalue weighted by atomic mass is 10.3. The zero-order chi connectivity index (χ0) is 13.6. The average molecular weight is 293 g/mol. The Morgan fingerprint density at radius 3 is 2.72 bits per heavy atom. The van der Waals surface area contributed by atoms with Gasteiger partial charge >= 0.3 is 0 Å². The van der Waals surface area contributed by atoms with E-state index in [0.717, 1.165) is 5.56 Å². The maximum Gasteiger partial charge on any atom is 0.212 e. The molecule has 0 bridgehead atoms. The number of methoxy groups -OCH3 is 1. The predicted molar refractivity (Wildman–Crippen MR) is 71.3 cm³/mol. The van der Waals surface area contributed by atoms with Gasteiger partial charge in [-0.05, 0) is 11.5 Å². The van der Waals surface area contributed by atoms with Crippen molar-refractivity contribution in [2.75, 3.05) is 18.7 Å². The Labute approximate surface area is 113 Å². The summed E-state index contributed by atoms with van der Waals surface area (Å²) in [5.74, 6) is 0.779. The van der Waals surface area contributed by atoms with Crippen molar-refractivity contribution in [2.45, 2.75) is 13.5 Å². The van der Waals surface area contributed by atoms with Crippen LogP contribution < -0.4 is 9.46 Å². The standard InChI is InChI=1S/C11H17ClN2O3S/c1-9(5-12)8-18(15,16)14-7-10-3-4-11(17-2)13-6-10/h3-4,6,9,14H,5,7-8H2,1-2H3. The largest absolute Gasteiger partial charge is 0.481 e. The summed E-state index contributed by atoms with van der Waals surface area (Å²) in [4.78, 5) is 4.00. The van der Waals surface area contributed by atoms with Crippen molar-refractivity contribution >= 4 is 21.6 Å². The monoisotopic (exact) mass is 292 g/mol. The number of alkyl halides is 1. The van der Waals surface area contributed by atoms with E-state index in [1.165, 1.54) is 7.11 Å². The van der Waals surface area contributed by atoms with Crippen LogP contribution in [-0.2, 0) is 16.6 Å². The molecule has 1 rings (SSSR count). The molecule has 1 heterocycles. The molecule has 0 saturated heterocycles. The molecule has 7 heteroatoms. The molecule has 0 radical (unpaired) electrons. The van der Waals surface area contributed by atoms with Crippen molar-refractivity contribution in [3.05, 3.63) is 23.9 Å². The lowest BCUT2D eigenvalue weighted by Gasteiger charge is -2.10. The summed E-state index contributed by atoms with van der Waals surface area (Å²) in [5, 5.41) is 0. The van der Waals surface area contributed by atoms with E-state index in [1.807, 2.05) is 0 Å². The predicted octanol–water partition coefficient (Wildman–Crippen LogP) is 1.38. The fourth-order valence-electron chi connectivity index (χ4n) is 1.31. The normalized spacial score (nSPS) is 13.3. The van der Waals surface area contributed by atoms with Gasteiger partial charge in [-0.15, -0.1) is 11.6 Å². The fourth-order valence-corrected chi connectivity index (χ4v) is 2.92. The number of aromatic nitrogens is 1. The third kappa shape index (κ3) is 5.20. The van der Waals surface area contributed by atoms with E-state index < -0.39 is 10.0 Å². The van der Waals surface area contributed by atoms with Gasteiger partial charge in [-0.25, -0.2) is 18.1 Å². The second-order valence-electron chi connectivity index (χ2n) is 4.07. The lowest BCUT2D eigenvalue weighted by Crippen LogP contribution is -2.29. The van der Waals surface area contributed by atoms with E-state index in [1.54, 1.807) is 25.3 Å². The Kier molecular flexibility index (Phi) is 5.84. The molecule has 0 aliphatic rings. The molecule has 0 aliphatic heterocycles. The van der Waals surface area contributed by atoms with E-state index in [2.05, 4.69) is 9.71 Å². The maximum atomic E-state index is 11.7. The zero-order valence-corrected chi connectivity index (χ0v) is 12.0. The van der Waals surface area contributed by atoms with Gasteiger partial charge in [-0.2, -0.15) is 0 Å².